The monoisotopic (exact) mass is 564 g/mol. The number of ketones is 1. The zero-order chi connectivity index (χ0) is 30.0. The lowest BCUT2D eigenvalue weighted by Gasteiger charge is -2.38. The smallest absolute Gasteiger partial charge is 0.411 e. The van der Waals surface area contributed by atoms with Crippen molar-refractivity contribution in [3.63, 3.8) is 0 Å². The number of carbonyl (C=O) groups excluding carboxylic acids is 3. The minimum Gasteiger partial charge on any atom is -0.566 e. The lowest BCUT2D eigenvalue weighted by atomic mass is 9.72. The molecule has 3 aromatic rings. The van der Waals surface area contributed by atoms with Gasteiger partial charge in [0, 0.05) is 18.1 Å². The van der Waals surface area contributed by atoms with E-state index >= 15 is 0 Å². The second kappa shape index (κ2) is 10.9. The molecule has 14 heteroatoms. The number of Topliss-reactive ketones (excluding diaryl/α,β-unsaturated/α-hetero) is 1. The summed E-state index contributed by atoms with van der Waals surface area (Å²) in [6, 6.07) is 8.15. The predicted octanol–water partition coefficient (Wildman–Crippen LogP) is 5.68. The van der Waals surface area contributed by atoms with Crippen LogP contribution in [0.4, 0.5) is 37.7 Å². The number of amides is 2. The normalized spacial score (nSPS) is 12.0. The van der Waals surface area contributed by atoms with E-state index in [2.05, 4.69) is 9.97 Å². The SMILES string of the molecule is [B]Oc1ccc(C(c2ccc(O)c(NC(C)=O)c2)(C(F)(F)F)C(F)(F)F)cc1NC(=O)c1cccc(C(C)=O)c1. The van der Waals surface area contributed by atoms with E-state index in [1.165, 1.54) is 31.2 Å². The maximum absolute atomic E-state index is 14.7. The third-order valence-corrected chi connectivity index (χ3v) is 5.91. The van der Waals surface area contributed by atoms with E-state index in [-0.39, 0.29) is 11.1 Å². The number of alkyl halides is 6. The van der Waals surface area contributed by atoms with Crippen LogP contribution in [0, 0.1) is 0 Å². The third kappa shape index (κ3) is 5.60. The van der Waals surface area contributed by atoms with Gasteiger partial charge in [-0.15, -0.1) is 0 Å². The van der Waals surface area contributed by atoms with Crippen molar-refractivity contribution in [3.8, 4) is 11.5 Å². The van der Waals surface area contributed by atoms with Crippen LogP contribution in [0.25, 0.3) is 0 Å². The first-order valence-electron chi connectivity index (χ1n) is 11.2. The Labute approximate surface area is 224 Å². The Morgan fingerprint density at radius 1 is 0.775 bits per heavy atom. The molecule has 0 saturated carbocycles. The number of benzene rings is 3. The zero-order valence-electron chi connectivity index (χ0n) is 20.7. The largest absolute Gasteiger partial charge is 0.566 e. The Morgan fingerprint density at radius 2 is 1.32 bits per heavy atom. The molecule has 0 unspecified atom stereocenters. The van der Waals surface area contributed by atoms with Crippen LogP contribution in [-0.2, 0) is 10.2 Å². The number of carbonyl (C=O) groups is 3. The summed E-state index contributed by atoms with van der Waals surface area (Å²) in [7, 11) is 5.15. The van der Waals surface area contributed by atoms with Crippen molar-refractivity contribution in [3.05, 3.63) is 82.9 Å². The van der Waals surface area contributed by atoms with E-state index in [1.807, 2.05) is 5.32 Å². The third-order valence-electron chi connectivity index (χ3n) is 5.91. The number of hydrogen-bond donors (Lipinski definition) is 3. The van der Waals surface area contributed by atoms with Crippen LogP contribution in [0.1, 0.15) is 45.7 Å². The molecule has 0 aromatic heterocycles. The average molecular weight is 564 g/mol. The van der Waals surface area contributed by atoms with Crippen molar-refractivity contribution in [1.29, 1.82) is 0 Å². The van der Waals surface area contributed by atoms with Gasteiger partial charge in [-0.1, -0.05) is 24.3 Å². The second-order valence-electron chi connectivity index (χ2n) is 8.58. The molecule has 0 aliphatic rings. The lowest BCUT2D eigenvalue weighted by Crippen LogP contribution is -2.54. The van der Waals surface area contributed by atoms with Crippen LogP contribution in [0.2, 0.25) is 0 Å². The minimum absolute atomic E-state index is 0.127. The molecule has 208 valence electrons. The molecule has 0 saturated heterocycles. The molecule has 7 nitrogen and oxygen atoms in total. The van der Waals surface area contributed by atoms with Gasteiger partial charge in [0.1, 0.15) is 11.5 Å². The fourth-order valence-corrected chi connectivity index (χ4v) is 4.08. The van der Waals surface area contributed by atoms with E-state index < -0.39 is 69.4 Å². The Bertz CT molecular complexity index is 1460. The van der Waals surface area contributed by atoms with Crippen molar-refractivity contribution in [1.82, 2.24) is 0 Å². The molecule has 3 N–H and O–H groups in total. The van der Waals surface area contributed by atoms with Crippen molar-refractivity contribution < 1.29 is 50.5 Å². The first-order chi connectivity index (χ1) is 18.5. The summed E-state index contributed by atoms with van der Waals surface area (Å²) in [6.07, 6.45) is -12.1. The van der Waals surface area contributed by atoms with Crippen LogP contribution in [-0.4, -0.2) is 43.1 Å². The predicted molar refractivity (Wildman–Crippen MR) is 133 cm³/mol. The van der Waals surface area contributed by atoms with Crippen molar-refractivity contribution in [2.45, 2.75) is 31.6 Å². The number of phenols is 1. The molecule has 0 aliphatic heterocycles. The van der Waals surface area contributed by atoms with Gasteiger partial charge in [-0.05, 0) is 54.4 Å². The molecular formula is C26H19BF6N2O5. The molecule has 0 aliphatic carbocycles. The summed E-state index contributed by atoms with van der Waals surface area (Å²) in [5.41, 5.74) is -8.81. The van der Waals surface area contributed by atoms with Gasteiger partial charge in [0.25, 0.3) is 5.91 Å². The number of phenolic OH excluding ortho intramolecular Hbond substituents is 1. The van der Waals surface area contributed by atoms with Crippen LogP contribution in [0.15, 0.2) is 60.7 Å². The number of nitrogens with one attached hydrogen (secondary N) is 2. The summed E-state index contributed by atoms with van der Waals surface area (Å²) >= 11 is 0. The number of aromatic hydroxyl groups is 1. The molecule has 2 radical (unpaired) electrons. The zero-order valence-corrected chi connectivity index (χ0v) is 20.7. The molecule has 0 bridgehead atoms. The summed E-state index contributed by atoms with van der Waals surface area (Å²) in [5.74, 6) is -3.48. The summed E-state index contributed by atoms with van der Waals surface area (Å²) in [6.45, 7) is 2.18. The topological polar surface area (TPSA) is 105 Å². The standard InChI is InChI=1S/C26H19BF6N2O5/c1-13(36)15-4-3-5-16(10-15)23(39)35-20-12-18(7-9-22(20)40-27)24(25(28,29)30,26(31,32)33)17-6-8-21(38)19(11-17)34-14(2)37/h3-12,38H,1-2H3,(H,34,37)(H,35,39). The quantitative estimate of drug-likeness (QED) is 0.148. The van der Waals surface area contributed by atoms with E-state index in [0.29, 0.717) is 36.4 Å². The van der Waals surface area contributed by atoms with Gasteiger partial charge in [-0.25, -0.2) is 0 Å². The molecule has 2 amide bonds. The van der Waals surface area contributed by atoms with Gasteiger partial charge in [0.05, 0.1) is 11.4 Å². The Balaban J connectivity index is 2.26. The van der Waals surface area contributed by atoms with Gasteiger partial charge >= 0.3 is 20.4 Å². The molecule has 3 rings (SSSR count). The maximum Gasteiger partial charge on any atom is 0.411 e. The number of anilines is 2. The van der Waals surface area contributed by atoms with Crippen molar-refractivity contribution in [2.75, 3.05) is 10.6 Å². The lowest BCUT2D eigenvalue weighted by molar-refractivity contribution is -0.288. The fourth-order valence-electron chi connectivity index (χ4n) is 4.08. The van der Waals surface area contributed by atoms with E-state index in [0.717, 1.165) is 6.92 Å². The van der Waals surface area contributed by atoms with Crippen LogP contribution in [0.5, 0.6) is 11.5 Å². The molecule has 3 aromatic carbocycles. The van der Waals surface area contributed by atoms with Gasteiger partial charge in [0.15, 0.2) is 5.78 Å². The molecule has 40 heavy (non-hydrogen) atoms. The highest BCUT2D eigenvalue weighted by molar-refractivity contribution is 6.07. The van der Waals surface area contributed by atoms with Crippen LogP contribution >= 0.6 is 0 Å². The van der Waals surface area contributed by atoms with Gasteiger partial charge in [-0.2, -0.15) is 26.3 Å². The van der Waals surface area contributed by atoms with Crippen molar-refractivity contribution in [2.24, 2.45) is 0 Å². The van der Waals surface area contributed by atoms with Crippen molar-refractivity contribution >= 4 is 37.0 Å². The summed E-state index contributed by atoms with van der Waals surface area (Å²) < 4.78 is 92.5. The van der Waals surface area contributed by atoms with E-state index in [9.17, 15) is 45.8 Å². The van der Waals surface area contributed by atoms with Gasteiger partial charge < -0.3 is 20.4 Å². The van der Waals surface area contributed by atoms with Gasteiger partial charge in [-0.3, -0.25) is 14.4 Å². The minimum atomic E-state index is -6.03. The highest BCUT2D eigenvalue weighted by atomic mass is 19.4. The van der Waals surface area contributed by atoms with E-state index in [4.69, 9.17) is 8.05 Å². The Hall–Kier alpha value is -4.49. The highest BCUT2D eigenvalue weighted by Crippen LogP contribution is 2.57. The molecule has 0 fully saturated rings. The highest BCUT2D eigenvalue weighted by Gasteiger charge is 2.72. The Morgan fingerprint density at radius 3 is 1.85 bits per heavy atom. The molecular weight excluding hydrogens is 545 g/mol. The first kappa shape index (κ1) is 30.1. The van der Waals surface area contributed by atoms with E-state index in [1.54, 1.807) is 0 Å². The second-order valence-corrected chi connectivity index (χ2v) is 8.58. The molecule has 0 atom stereocenters. The number of hydrogen-bond acceptors (Lipinski definition) is 5. The van der Waals surface area contributed by atoms with Crippen LogP contribution in [0.3, 0.4) is 0 Å². The maximum atomic E-state index is 14.7. The summed E-state index contributed by atoms with van der Waals surface area (Å²) in [4.78, 5) is 35.9. The number of rotatable bonds is 7. The summed E-state index contributed by atoms with van der Waals surface area (Å²) in [5, 5.41) is 14.1. The first-order valence-corrected chi connectivity index (χ1v) is 11.2. The fraction of sp³-hybridized carbons (Fsp3) is 0.192. The van der Waals surface area contributed by atoms with Crippen LogP contribution < -0.4 is 15.3 Å². The molecule has 0 spiro atoms. The number of halogens is 6. The molecule has 0 heterocycles. The van der Waals surface area contributed by atoms with Gasteiger partial charge in [0.2, 0.25) is 11.3 Å². The average Bonchev–Trinajstić information content (AvgIpc) is 2.84. The Kier molecular flexibility index (Phi) is 8.23.